The van der Waals surface area contributed by atoms with E-state index in [9.17, 15) is 22.8 Å². The van der Waals surface area contributed by atoms with Gasteiger partial charge in [-0.2, -0.15) is 13.2 Å². The van der Waals surface area contributed by atoms with Gasteiger partial charge in [0.25, 0.3) is 5.91 Å². The Morgan fingerprint density at radius 3 is 2.30 bits per heavy atom. The molecular weight excluding hydrogens is 273 g/mol. The lowest BCUT2D eigenvalue weighted by atomic mass is 9.87. The van der Waals surface area contributed by atoms with E-state index in [2.05, 4.69) is 5.32 Å². The monoisotopic (exact) mass is 286 g/mol. The molecule has 1 atom stereocenters. The van der Waals surface area contributed by atoms with Gasteiger partial charge in [-0.15, -0.1) is 0 Å². The van der Waals surface area contributed by atoms with Crippen molar-refractivity contribution in [3.63, 3.8) is 0 Å². The number of imide groups is 1. The van der Waals surface area contributed by atoms with E-state index >= 15 is 0 Å². The number of nitrogens with one attached hydrogen (secondary N) is 1. The fraction of sp³-hybridized carbons (Fsp3) is 0.385. The number of amides is 3. The molecule has 3 amide bonds. The molecule has 7 heteroatoms. The molecule has 1 aromatic carbocycles. The third kappa shape index (κ3) is 2.35. The average Bonchev–Trinajstić information content (AvgIpc) is 2.63. The number of carbonyl (C=O) groups excluding carboxylic acids is 2. The zero-order valence-corrected chi connectivity index (χ0v) is 10.7. The molecule has 1 N–H and O–H groups in total. The first-order valence-corrected chi connectivity index (χ1v) is 6.06. The van der Waals surface area contributed by atoms with Crippen LogP contribution in [0.4, 0.5) is 18.0 Å². The van der Waals surface area contributed by atoms with E-state index in [1.54, 1.807) is 37.3 Å². The Balaban J connectivity index is 2.38. The molecule has 0 saturated carbocycles. The van der Waals surface area contributed by atoms with Crippen molar-refractivity contribution in [2.75, 3.05) is 6.54 Å². The maximum absolute atomic E-state index is 12.4. The van der Waals surface area contributed by atoms with E-state index in [1.807, 2.05) is 0 Å². The number of halogens is 3. The number of carbonyl (C=O) groups is 2. The van der Waals surface area contributed by atoms with Gasteiger partial charge in [-0.1, -0.05) is 37.3 Å². The van der Waals surface area contributed by atoms with Gasteiger partial charge in [0.15, 0.2) is 0 Å². The summed E-state index contributed by atoms with van der Waals surface area (Å²) in [4.78, 5) is 24.2. The molecule has 1 unspecified atom stereocenters. The summed E-state index contributed by atoms with van der Waals surface area (Å²) in [6, 6.07) is 7.26. The molecular formula is C13H13F3N2O2. The first-order valence-electron chi connectivity index (χ1n) is 6.06. The molecule has 0 aromatic heterocycles. The highest BCUT2D eigenvalue weighted by Gasteiger charge is 2.53. The van der Waals surface area contributed by atoms with Crippen LogP contribution in [0.5, 0.6) is 0 Å². The quantitative estimate of drug-likeness (QED) is 0.867. The van der Waals surface area contributed by atoms with Crippen LogP contribution in [0.1, 0.15) is 18.9 Å². The van der Waals surface area contributed by atoms with E-state index < -0.39 is 30.2 Å². The van der Waals surface area contributed by atoms with E-state index in [0.29, 0.717) is 5.56 Å². The summed E-state index contributed by atoms with van der Waals surface area (Å²) in [5.41, 5.74) is -0.936. The fourth-order valence-electron chi connectivity index (χ4n) is 2.31. The minimum atomic E-state index is -4.62. The van der Waals surface area contributed by atoms with Crippen molar-refractivity contribution in [1.82, 2.24) is 10.2 Å². The molecule has 0 aliphatic carbocycles. The van der Waals surface area contributed by atoms with E-state index in [1.165, 1.54) is 0 Å². The van der Waals surface area contributed by atoms with Crippen LogP contribution in [0.25, 0.3) is 0 Å². The standard InChI is InChI=1S/C13H13F3N2O2/c1-2-12(9-6-4-3-5-7-9)10(19)18(11(20)17-12)8-13(14,15)16/h3-7H,2,8H2,1H3,(H,17,20). The van der Waals surface area contributed by atoms with Crippen molar-refractivity contribution >= 4 is 11.9 Å². The van der Waals surface area contributed by atoms with Crippen LogP contribution < -0.4 is 5.32 Å². The molecule has 108 valence electrons. The number of nitrogens with zero attached hydrogens (tertiary/aromatic N) is 1. The minimum absolute atomic E-state index is 0.177. The van der Waals surface area contributed by atoms with E-state index in [0.717, 1.165) is 0 Å². The van der Waals surface area contributed by atoms with Gasteiger partial charge in [-0.3, -0.25) is 9.69 Å². The van der Waals surface area contributed by atoms with Gasteiger partial charge < -0.3 is 5.32 Å². The number of urea groups is 1. The Morgan fingerprint density at radius 2 is 1.80 bits per heavy atom. The van der Waals surface area contributed by atoms with Gasteiger partial charge in [0, 0.05) is 0 Å². The van der Waals surface area contributed by atoms with Crippen molar-refractivity contribution in [1.29, 1.82) is 0 Å². The molecule has 4 nitrogen and oxygen atoms in total. The van der Waals surface area contributed by atoms with Crippen molar-refractivity contribution in [2.45, 2.75) is 25.1 Å². The third-order valence-corrected chi connectivity index (χ3v) is 3.31. The fourth-order valence-corrected chi connectivity index (χ4v) is 2.31. The lowest BCUT2D eigenvalue weighted by molar-refractivity contribution is -0.155. The molecule has 20 heavy (non-hydrogen) atoms. The molecule has 0 radical (unpaired) electrons. The van der Waals surface area contributed by atoms with Gasteiger partial charge in [0.05, 0.1) is 0 Å². The Hall–Kier alpha value is -2.05. The number of hydrogen-bond acceptors (Lipinski definition) is 2. The predicted octanol–water partition coefficient (Wildman–Crippen LogP) is 2.41. The summed E-state index contributed by atoms with van der Waals surface area (Å²) in [6.07, 6.45) is -4.44. The van der Waals surface area contributed by atoms with Crippen LogP contribution in [-0.2, 0) is 10.3 Å². The Kier molecular flexibility index (Phi) is 3.45. The summed E-state index contributed by atoms with van der Waals surface area (Å²) in [5, 5.41) is 2.39. The maximum atomic E-state index is 12.4. The van der Waals surface area contributed by atoms with Crippen molar-refractivity contribution in [2.24, 2.45) is 0 Å². The zero-order valence-electron chi connectivity index (χ0n) is 10.7. The smallest absolute Gasteiger partial charge is 0.319 e. The van der Waals surface area contributed by atoms with Gasteiger partial charge in [0.1, 0.15) is 12.1 Å². The van der Waals surface area contributed by atoms with E-state index in [4.69, 9.17) is 0 Å². The minimum Gasteiger partial charge on any atom is -0.319 e. The van der Waals surface area contributed by atoms with Crippen molar-refractivity contribution in [3.05, 3.63) is 35.9 Å². The Labute approximate surface area is 113 Å². The van der Waals surface area contributed by atoms with Crippen LogP contribution in [0.2, 0.25) is 0 Å². The summed E-state index contributed by atoms with van der Waals surface area (Å²) in [5.74, 6) is -0.867. The second kappa shape index (κ2) is 4.81. The van der Waals surface area contributed by atoms with Crippen LogP contribution in [0, 0.1) is 0 Å². The molecule has 0 spiro atoms. The zero-order chi connectivity index (χ0) is 15.0. The number of alkyl halides is 3. The van der Waals surface area contributed by atoms with Crippen LogP contribution in [-0.4, -0.2) is 29.6 Å². The lowest BCUT2D eigenvalue weighted by Gasteiger charge is -2.25. The average molecular weight is 286 g/mol. The maximum Gasteiger partial charge on any atom is 0.406 e. The SMILES string of the molecule is CCC1(c2ccccc2)NC(=O)N(CC(F)(F)F)C1=O. The summed E-state index contributed by atoms with van der Waals surface area (Å²) < 4.78 is 37.3. The Bertz CT molecular complexity index is 530. The summed E-state index contributed by atoms with van der Waals surface area (Å²) >= 11 is 0. The van der Waals surface area contributed by atoms with Crippen molar-refractivity contribution in [3.8, 4) is 0 Å². The van der Waals surface area contributed by atoms with Crippen LogP contribution >= 0.6 is 0 Å². The molecule has 1 aromatic rings. The second-order valence-electron chi connectivity index (χ2n) is 4.56. The topological polar surface area (TPSA) is 49.4 Å². The van der Waals surface area contributed by atoms with Gasteiger partial charge in [0.2, 0.25) is 0 Å². The van der Waals surface area contributed by atoms with Crippen LogP contribution in [0.3, 0.4) is 0 Å². The van der Waals surface area contributed by atoms with Gasteiger partial charge in [-0.25, -0.2) is 4.79 Å². The summed E-state index contributed by atoms with van der Waals surface area (Å²) in [7, 11) is 0. The molecule has 1 aliphatic rings. The first kappa shape index (κ1) is 14.4. The van der Waals surface area contributed by atoms with Gasteiger partial charge >= 0.3 is 12.2 Å². The lowest BCUT2D eigenvalue weighted by Crippen LogP contribution is -2.44. The predicted molar refractivity (Wildman–Crippen MR) is 64.7 cm³/mol. The first-order chi connectivity index (χ1) is 9.30. The highest BCUT2D eigenvalue weighted by atomic mass is 19.4. The third-order valence-electron chi connectivity index (χ3n) is 3.31. The molecule has 1 heterocycles. The summed E-state index contributed by atoms with van der Waals surface area (Å²) in [6.45, 7) is 0.0640. The van der Waals surface area contributed by atoms with Gasteiger partial charge in [-0.05, 0) is 12.0 Å². The largest absolute Gasteiger partial charge is 0.406 e. The highest BCUT2D eigenvalue weighted by Crippen LogP contribution is 2.33. The number of benzene rings is 1. The number of rotatable bonds is 3. The van der Waals surface area contributed by atoms with E-state index in [-0.39, 0.29) is 11.3 Å². The van der Waals surface area contributed by atoms with Crippen molar-refractivity contribution < 1.29 is 22.8 Å². The normalized spacial score (nSPS) is 23.1. The molecule has 0 bridgehead atoms. The molecule has 2 rings (SSSR count). The number of hydrogen-bond donors (Lipinski definition) is 1. The second-order valence-corrected chi connectivity index (χ2v) is 4.56. The van der Waals surface area contributed by atoms with Crippen LogP contribution in [0.15, 0.2) is 30.3 Å². The highest BCUT2D eigenvalue weighted by molar-refractivity contribution is 6.07. The molecule has 1 fully saturated rings. The molecule has 1 aliphatic heterocycles. The molecule has 1 saturated heterocycles. The Morgan fingerprint density at radius 1 is 1.20 bits per heavy atom.